The third-order valence-electron chi connectivity index (χ3n) is 5.19. The fourth-order valence-electron chi connectivity index (χ4n) is 3.69. The van der Waals surface area contributed by atoms with Gasteiger partial charge in [0.15, 0.2) is 5.96 Å². The van der Waals surface area contributed by atoms with E-state index >= 15 is 0 Å². The van der Waals surface area contributed by atoms with Gasteiger partial charge in [0.2, 0.25) is 5.88 Å². The molecule has 2 heterocycles. The Kier molecular flexibility index (Phi) is 10.2. The predicted molar refractivity (Wildman–Crippen MR) is 131 cm³/mol. The third kappa shape index (κ3) is 6.46. The lowest BCUT2D eigenvalue weighted by atomic mass is 10.0. The molecule has 2 aromatic rings. The molecule has 164 valence electrons. The largest absolute Gasteiger partial charge is 0.496 e. The van der Waals surface area contributed by atoms with E-state index in [2.05, 4.69) is 37.6 Å². The van der Waals surface area contributed by atoms with Gasteiger partial charge < -0.3 is 20.1 Å². The molecular formula is C22H32IN5O2. The Bertz CT molecular complexity index is 812. The van der Waals surface area contributed by atoms with Crippen LogP contribution >= 0.6 is 24.0 Å². The number of aromatic nitrogens is 1. The molecule has 8 heteroatoms. The molecule has 0 saturated carbocycles. The Morgan fingerprint density at radius 1 is 1.07 bits per heavy atom. The molecule has 1 aliphatic heterocycles. The molecular weight excluding hydrogens is 493 g/mol. The lowest BCUT2D eigenvalue weighted by Gasteiger charge is -2.30. The van der Waals surface area contributed by atoms with Gasteiger partial charge >= 0.3 is 0 Å². The summed E-state index contributed by atoms with van der Waals surface area (Å²) in [6.45, 7) is 3.51. The van der Waals surface area contributed by atoms with Crippen LogP contribution in [0.5, 0.6) is 11.6 Å². The molecule has 7 nitrogen and oxygen atoms in total. The van der Waals surface area contributed by atoms with Gasteiger partial charge in [0.1, 0.15) is 5.75 Å². The zero-order valence-corrected chi connectivity index (χ0v) is 20.3. The number of benzene rings is 1. The number of ether oxygens (including phenoxy) is 2. The van der Waals surface area contributed by atoms with E-state index in [0.717, 1.165) is 37.0 Å². The number of likely N-dealkylation sites (tertiary alicyclic amines) is 1. The summed E-state index contributed by atoms with van der Waals surface area (Å²) in [5.41, 5.74) is 2.10. The van der Waals surface area contributed by atoms with Gasteiger partial charge in [-0.05, 0) is 38.1 Å². The SMILES string of the molecule is CN=C(NCc1cccc(OC)n1)NCC(c1ccccc1OC)N1CCCC1.I. The van der Waals surface area contributed by atoms with Gasteiger partial charge in [-0.15, -0.1) is 24.0 Å². The molecule has 30 heavy (non-hydrogen) atoms. The van der Waals surface area contributed by atoms with Crippen LogP contribution in [0.4, 0.5) is 0 Å². The minimum Gasteiger partial charge on any atom is -0.496 e. The van der Waals surface area contributed by atoms with Crippen molar-refractivity contribution in [3.63, 3.8) is 0 Å². The van der Waals surface area contributed by atoms with Crippen molar-refractivity contribution in [2.75, 3.05) is 40.9 Å². The van der Waals surface area contributed by atoms with Gasteiger partial charge in [-0.1, -0.05) is 24.3 Å². The van der Waals surface area contributed by atoms with Crippen molar-refractivity contribution in [3.05, 3.63) is 53.7 Å². The van der Waals surface area contributed by atoms with Crippen LogP contribution in [0.3, 0.4) is 0 Å². The average Bonchev–Trinajstić information content (AvgIpc) is 3.31. The van der Waals surface area contributed by atoms with E-state index in [1.54, 1.807) is 21.3 Å². The summed E-state index contributed by atoms with van der Waals surface area (Å²) in [5.74, 6) is 2.28. The molecule has 3 rings (SSSR count). The molecule has 1 atom stereocenters. The summed E-state index contributed by atoms with van der Waals surface area (Å²) in [5, 5.41) is 6.81. The minimum absolute atomic E-state index is 0. The molecule has 1 saturated heterocycles. The van der Waals surface area contributed by atoms with Crippen molar-refractivity contribution in [3.8, 4) is 11.6 Å². The number of hydrogen-bond donors (Lipinski definition) is 2. The van der Waals surface area contributed by atoms with E-state index in [1.165, 1.54) is 18.4 Å². The van der Waals surface area contributed by atoms with Crippen LogP contribution in [0.25, 0.3) is 0 Å². The van der Waals surface area contributed by atoms with Gasteiger partial charge in [0.25, 0.3) is 0 Å². The molecule has 1 aromatic carbocycles. The van der Waals surface area contributed by atoms with Crippen molar-refractivity contribution < 1.29 is 9.47 Å². The molecule has 0 spiro atoms. The van der Waals surface area contributed by atoms with E-state index in [4.69, 9.17) is 9.47 Å². The first-order valence-corrected chi connectivity index (χ1v) is 10.1. The summed E-state index contributed by atoms with van der Waals surface area (Å²) in [4.78, 5) is 11.3. The molecule has 0 aliphatic carbocycles. The number of halogens is 1. The maximum atomic E-state index is 5.63. The highest BCUT2D eigenvalue weighted by Gasteiger charge is 2.26. The summed E-state index contributed by atoms with van der Waals surface area (Å²) < 4.78 is 10.8. The Labute approximate surface area is 196 Å². The predicted octanol–water partition coefficient (Wildman–Crippen LogP) is 3.22. The quantitative estimate of drug-likeness (QED) is 0.314. The Morgan fingerprint density at radius 2 is 1.83 bits per heavy atom. The standard InChI is InChI=1S/C22H31N5O2.HI/c1-23-22(24-15-17-9-8-12-21(26-17)29-3)25-16-19(27-13-6-7-14-27)18-10-4-5-11-20(18)28-2;/h4-5,8-12,19H,6-7,13-16H2,1-3H3,(H2,23,24,25);1H. The zero-order chi connectivity index (χ0) is 20.5. The fourth-order valence-corrected chi connectivity index (χ4v) is 3.69. The maximum Gasteiger partial charge on any atom is 0.213 e. The Morgan fingerprint density at radius 3 is 2.53 bits per heavy atom. The highest BCUT2D eigenvalue weighted by atomic mass is 127. The number of methoxy groups -OCH3 is 2. The number of nitrogens with one attached hydrogen (secondary N) is 2. The van der Waals surface area contributed by atoms with Crippen molar-refractivity contribution >= 4 is 29.9 Å². The maximum absolute atomic E-state index is 5.63. The van der Waals surface area contributed by atoms with Crippen LogP contribution in [-0.4, -0.2) is 56.7 Å². The topological polar surface area (TPSA) is 71.0 Å². The van der Waals surface area contributed by atoms with Gasteiger partial charge in [-0.2, -0.15) is 0 Å². The van der Waals surface area contributed by atoms with Gasteiger partial charge in [-0.25, -0.2) is 4.98 Å². The van der Waals surface area contributed by atoms with Gasteiger partial charge in [0, 0.05) is 25.2 Å². The molecule has 0 amide bonds. The Hall–Kier alpha value is -2.07. The van der Waals surface area contributed by atoms with Crippen LogP contribution in [0.1, 0.15) is 30.1 Å². The number of para-hydroxylation sites is 1. The zero-order valence-electron chi connectivity index (χ0n) is 17.9. The molecule has 0 bridgehead atoms. The van der Waals surface area contributed by atoms with Crippen molar-refractivity contribution in [2.24, 2.45) is 4.99 Å². The second-order valence-corrected chi connectivity index (χ2v) is 6.98. The highest BCUT2D eigenvalue weighted by molar-refractivity contribution is 14.0. The Balaban J connectivity index is 0.00000320. The van der Waals surface area contributed by atoms with E-state index in [-0.39, 0.29) is 30.0 Å². The van der Waals surface area contributed by atoms with Crippen LogP contribution in [0.2, 0.25) is 0 Å². The van der Waals surface area contributed by atoms with E-state index in [1.807, 2.05) is 30.3 Å². The minimum atomic E-state index is 0. The molecule has 2 N–H and O–H groups in total. The van der Waals surface area contributed by atoms with E-state index < -0.39 is 0 Å². The fraction of sp³-hybridized carbons (Fsp3) is 0.455. The molecule has 1 aliphatic rings. The number of aliphatic imine (C=N–C) groups is 1. The number of nitrogens with zero attached hydrogens (tertiary/aromatic N) is 3. The van der Waals surface area contributed by atoms with Crippen LogP contribution < -0.4 is 20.1 Å². The first kappa shape index (κ1) is 24.2. The monoisotopic (exact) mass is 525 g/mol. The first-order valence-electron chi connectivity index (χ1n) is 10.1. The second kappa shape index (κ2) is 12.6. The van der Waals surface area contributed by atoms with Crippen molar-refractivity contribution in [1.82, 2.24) is 20.5 Å². The number of hydrogen-bond acceptors (Lipinski definition) is 5. The number of pyridine rings is 1. The highest BCUT2D eigenvalue weighted by Crippen LogP contribution is 2.31. The molecule has 1 fully saturated rings. The summed E-state index contributed by atoms with van der Waals surface area (Å²) >= 11 is 0. The lowest BCUT2D eigenvalue weighted by molar-refractivity contribution is 0.239. The van der Waals surface area contributed by atoms with E-state index in [0.29, 0.717) is 12.4 Å². The van der Waals surface area contributed by atoms with Gasteiger partial charge in [-0.3, -0.25) is 9.89 Å². The molecule has 1 aromatic heterocycles. The molecule has 0 radical (unpaired) electrons. The summed E-state index contributed by atoms with van der Waals surface area (Å²) in [6, 6.07) is 14.2. The number of guanidine groups is 1. The average molecular weight is 525 g/mol. The second-order valence-electron chi connectivity index (χ2n) is 6.98. The van der Waals surface area contributed by atoms with Gasteiger partial charge in [0.05, 0.1) is 32.5 Å². The summed E-state index contributed by atoms with van der Waals surface area (Å²) in [6.07, 6.45) is 2.47. The number of rotatable bonds is 8. The normalized spacial score (nSPS) is 15.2. The lowest BCUT2D eigenvalue weighted by Crippen LogP contribution is -2.42. The third-order valence-corrected chi connectivity index (χ3v) is 5.19. The molecule has 1 unspecified atom stereocenters. The van der Waals surface area contributed by atoms with Crippen LogP contribution in [0, 0.1) is 0 Å². The smallest absolute Gasteiger partial charge is 0.213 e. The first-order chi connectivity index (χ1) is 14.2. The van der Waals surface area contributed by atoms with E-state index in [9.17, 15) is 0 Å². The van der Waals surface area contributed by atoms with Crippen LogP contribution in [-0.2, 0) is 6.54 Å². The van der Waals surface area contributed by atoms with Crippen molar-refractivity contribution in [2.45, 2.75) is 25.4 Å². The summed E-state index contributed by atoms with van der Waals surface area (Å²) in [7, 11) is 5.13. The van der Waals surface area contributed by atoms with Crippen LogP contribution in [0.15, 0.2) is 47.5 Å². The van der Waals surface area contributed by atoms with Crippen molar-refractivity contribution in [1.29, 1.82) is 0 Å².